The number of aromatic nitrogens is 2. The van der Waals surface area contributed by atoms with Gasteiger partial charge in [0.15, 0.2) is 0 Å². The summed E-state index contributed by atoms with van der Waals surface area (Å²) in [5.41, 5.74) is 0.900. The summed E-state index contributed by atoms with van der Waals surface area (Å²) in [5.74, 6) is 1.24. The molecule has 1 aromatic heterocycles. The van der Waals surface area contributed by atoms with Gasteiger partial charge in [-0.15, -0.1) is 0 Å². The first kappa shape index (κ1) is 16.1. The van der Waals surface area contributed by atoms with Crippen LogP contribution in [0.2, 0.25) is 0 Å². The lowest BCUT2D eigenvalue weighted by molar-refractivity contribution is 0.170. The highest BCUT2D eigenvalue weighted by Gasteiger charge is 2.17. The van der Waals surface area contributed by atoms with Gasteiger partial charge in [-0.3, -0.25) is 0 Å². The van der Waals surface area contributed by atoms with E-state index in [-0.39, 0.29) is 38.2 Å². The first-order chi connectivity index (χ1) is 10.7. The summed E-state index contributed by atoms with van der Waals surface area (Å²) in [7, 11) is 3.04. The minimum Gasteiger partial charge on any atom is -0.494 e. The van der Waals surface area contributed by atoms with Gasteiger partial charge in [-0.2, -0.15) is 0 Å². The van der Waals surface area contributed by atoms with Crippen LogP contribution in [0.4, 0.5) is 0 Å². The van der Waals surface area contributed by atoms with Crippen LogP contribution in [0.25, 0.3) is 11.0 Å². The maximum Gasteiger partial charge on any atom is 0.278 e. The van der Waals surface area contributed by atoms with Crippen LogP contribution in [0.5, 0.6) is 23.3 Å². The van der Waals surface area contributed by atoms with E-state index in [0.29, 0.717) is 22.5 Å². The van der Waals surface area contributed by atoms with Gasteiger partial charge in [0.1, 0.15) is 35.7 Å². The molecule has 8 heteroatoms. The van der Waals surface area contributed by atoms with Gasteiger partial charge in [-0.05, 0) is 12.1 Å². The quantitative estimate of drug-likeness (QED) is 0.722. The molecule has 0 aliphatic carbocycles. The van der Waals surface area contributed by atoms with Crippen molar-refractivity contribution >= 4 is 11.0 Å². The van der Waals surface area contributed by atoms with Gasteiger partial charge in [0.05, 0.1) is 27.4 Å². The van der Waals surface area contributed by atoms with E-state index in [1.165, 1.54) is 14.2 Å². The second kappa shape index (κ2) is 7.62. The molecule has 22 heavy (non-hydrogen) atoms. The van der Waals surface area contributed by atoms with Crippen molar-refractivity contribution in [3.8, 4) is 23.3 Å². The number of aliphatic hydroxyl groups is 2. The number of ether oxygens (including phenoxy) is 4. The number of aliphatic hydroxyl groups excluding tert-OH is 2. The number of fused-ring (bicyclic) bond motifs is 1. The van der Waals surface area contributed by atoms with Gasteiger partial charge in [0.25, 0.3) is 11.8 Å². The van der Waals surface area contributed by atoms with Gasteiger partial charge in [0, 0.05) is 0 Å². The Hall–Kier alpha value is -2.32. The summed E-state index contributed by atoms with van der Waals surface area (Å²) < 4.78 is 21.2. The van der Waals surface area contributed by atoms with Crippen molar-refractivity contribution in [2.24, 2.45) is 0 Å². The second-order valence-corrected chi connectivity index (χ2v) is 4.15. The molecule has 0 unspecified atom stereocenters. The SMILES string of the molecule is COc1ccc(OC)c2nc(OCCO)c(OCCO)nc12. The molecule has 0 amide bonds. The van der Waals surface area contributed by atoms with Crippen molar-refractivity contribution in [2.75, 3.05) is 40.6 Å². The maximum absolute atomic E-state index is 8.89. The van der Waals surface area contributed by atoms with Crippen molar-refractivity contribution in [2.45, 2.75) is 0 Å². The van der Waals surface area contributed by atoms with Gasteiger partial charge < -0.3 is 29.2 Å². The molecule has 2 aromatic rings. The number of rotatable bonds is 8. The third-order valence-corrected chi connectivity index (χ3v) is 2.79. The summed E-state index contributed by atoms with van der Waals surface area (Å²) in [4.78, 5) is 8.68. The van der Waals surface area contributed by atoms with Crippen LogP contribution >= 0.6 is 0 Å². The first-order valence-corrected chi connectivity index (χ1v) is 6.65. The summed E-state index contributed by atoms with van der Waals surface area (Å²) in [6.45, 7) is -0.257. The van der Waals surface area contributed by atoms with Crippen LogP contribution in [0, 0.1) is 0 Å². The Kier molecular flexibility index (Phi) is 5.56. The molecule has 8 nitrogen and oxygen atoms in total. The zero-order valence-corrected chi connectivity index (χ0v) is 12.4. The van der Waals surface area contributed by atoms with Crippen LogP contribution in [0.1, 0.15) is 0 Å². The molecule has 0 atom stereocenters. The molecule has 2 rings (SSSR count). The Morgan fingerprint density at radius 2 is 1.23 bits per heavy atom. The lowest BCUT2D eigenvalue weighted by Crippen LogP contribution is -2.10. The molecule has 0 radical (unpaired) electrons. The van der Waals surface area contributed by atoms with E-state index in [1.54, 1.807) is 12.1 Å². The Balaban J connectivity index is 2.58. The first-order valence-electron chi connectivity index (χ1n) is 6.65. The Labute approximate surface area is 127 Å². The van der Waals surface area contributed by atoms with Gasteiger partial charge in [-0.1, -0.05) is 0 Å². The minimum absolute atomic E-state index is 0.0436. The van der Waals surface area contributed by atoms with E-state index in [2.05, 4.69) is 9.97 Å². The van der Waals surface area contributed by atoms with E-state index in [0.717, 1.165) is 0 Å². The fourth-order valence-corrected chi connectivity index (χ4v) is 1.86. The molecular formula is C14H18N2O6. The Bertz CT molecular complexity index is 580. The van der Waals surface area contributed by atoms with Gasteiger partial charge >= 0.3 is 0 Å². The van der Waals surface area contributed by atoms with Crippen LogP contribution in [-0.2, 0) is 0 Å². The average molecular weight is 310 g/mol. The maximum atomic E-state index is 8.89. The zero-order valence-electron chi connectivity index (χ0n) is 12.4. The molecular weight excluding hydrogens is 292 g/mol. The lowest BCUT2D eigenvalue weighted by atomic mass is 10.2. The number of hydrogen-bond acceptors (Lipinski definition) is 8. The van der Waals surface area contributed by atoms with Crippen molar-refractivity contribution in [1.82, 2.24) is 9.97 Å². The summed E-state index contributed by atoms with van der Waals surface area (Å²) in [6, 6.07) is 3.42. The van der Waals surface area contributed by atoms with E-state index < -0.39 is 0 Å². The predicted octanol–water partition coefficient (Wildman–Crippen LogP) is 0.389. The topological polar surface area (TPSA) is 103 Å². The van der Waals surface area contributed by atoms with E-state index in [4.69, 9.17) is 29.2 Å². The van der Waals surface area contributed by atoms with Crippen molar-refractivity contribution < 1.29 is 29.2 Å². The number of hydrogen-bond donors (Lipinski definition) is 2. The van der Waals surface area contributed by atoms with Crippen LogP contribution in [-0.4, -0.2) is 60.8 Å². The second-order valence-electron chi connectivity index (χ2n) is 4.15. The normalized spacial score (nSPS) is 10.5. The van der Waals surface area contributed by atoms with Gasteiger partial charge in [-0.25, -0.2) is 9.97 Å². The smallest absolute Gasteiger partial charge is 0.278 e. The van der Waals surface area contributed by atoms with E-state index >= 15 is 0 Å². The fourth-order valence-electron chi connectivity index (χ4n) is 1.86. The fraction of sp³-hybridized carbons (Fsp3) is 0.429. The molecule has 1 aromatic carbocycles. The van der Waals surface area contributed by atoms with Crippen LogP contribution < -0.4 is 18.9 Å². The number of methoxy groups -OCH3 is 2. The average Bonchev–Trinajstić information content (AvgIpc) is 2.56. The van der Waals surface area contributed by atoms with Crippen molar-refractivity contribution in [1.29, 1.82) is 0 Å². The number of benzene rings is 1. The predicted molar refractivity (Wildman–Crippen MR) is 77.8 cm³/mol. The third-order valence-electron chi connectivity index (χ3n) is 2.79. The standard InChI is InChI=1S/C14H18N2O6/c1-19-9-3-4-10(20-2)12-11(9)15-13(21-7-5-17)14(16-12)22-8-6-18/h3-4,17-18H,5-8H2,1-2H3. The van der Waals surface area contributed by atoms with E-state index in [9.17, 15) is 0 Å². The highest BCUT2D eigenvalue weighted by molar-refractivity contribution is 5.87. The monoisotopic (exact) mass is 310 g/mol. The Morgan fingerprint density at radius 3 is 1.55 bits per heavy atom. The zero-order chi connectivity index (χ0) is 15.9. The Morgan fingerprint density at radius 1 is 0.818 bits per heavy atom. The molecule has 1 heterocycles. The van der Waals surface area contributed by atoms with Crippen molar-refractivity contribution in [3.05, 3.63) is 12.1 Å². The summed E-state index contributed by atoms with van der Waals surface area (Å²) in [5, 5.41) is 17.8. The summed E-state index contributed by atoms with van der Waals surface area (Å²) >= 11 is 0. The third kappa shape index (κ3) is 3.29. The number of nitrogens with zero attached hydrogens (tertiary/aromatic N) is 2. The highest BCUT2D eigenvalue weighted by atomic mass is 16.5. The lowest BCUT2D eigenvalue weighted by Gasteiger charge is -2.13. The highest BCUT2D eigenvalue weighted by Crippen LogP contribution is 2.35. The molecule has 0 aliphatic rings. The van der Waals surface area contributed by atoms with Crippen LogP contribution in [0.15, 0.2) is 12.1 Å². The molecule has 0 aliphatic heterocycles. The van der Waals surface area contributed by atoms with Crippen molar-refractivity contribution in [3.63, 3.8) is 0 Å². The largest absolute Gasteiger partial charge is 0.494 e. The molecule has 0 fully saturated rings. The molecule has 0 bridgehead atoms. The molecule has 0 saturated heterocycles. The van der Waals surface area contributed by atoms with Gasteiger partial charge in [0.2, 0.25) is 0 Å². The molecule has 0 saturated carbocycles. The summed E-state index contributed by atoms with van der Waals surface area (Å²) in [6.07, 6.45) is 0. The van der Waals surface area contributed by atoms with Crippen LogP contribution in [0.3, 0.4) is 0 Å². The molecule has 120 valence electrons. The van der Waals surface area contributed by atoms with E-state index in [1.807, 2.05) is 0 Å². The molecule has 0 spiro atoms. The molecule has 2 N–H and O–H groups in total. The minimum atomic E-state index is -0.172.